The molecule has 2 aliphatic rings. The topological polar surface area (TPSA) is 112 Å². The van der Waals surface area contributed by atoms with Crippen LogP contribution in [0.2, 0.25) is 0 Å². The Hall–Kier alpha value is -4.06. The molecule has 0 aromatic carbocycles. The van der Waals surface area contributed by atoms with Crippen LogP contribution in [0.4, 0.5) is 13.9 Å². The highest BCUT2D eigenvalue weighted by Gasteiger charge is 2.47. The van der Waals surface area contributed by atoms with Gasteiger partial charge in [0.25, 0.3) is 17.9 Å². The third-order valence-corrected chi connectivity index (χ3v) is 8.62. The fraction of sp³-hybridized carbons (Fsp3) is 0.357. The molecule has 0 radical (unpaired) electrons. The van der Waals surface area contributed by atoms with Crippen LogP contribution in [0, 0.1) is 18.8 Å². The maximum absolute atomic E-state index is 13.6. The Morgan fingerprint density at radius 3 is 2.67 bits per heavy atom. The number of aromatic nitrogens is 5. The molecule has 4 heterocycles. The molecular weight excluding hydrogens is 538 g/mol. The highest BCUT2D eigenvalue weighted by atomic mass is 32.1. The van der Waals surface area contributed by atoms with Crippen molar-refractivity contribution in [3.8, 4) is 22.7 Å². The zero-order valence-electron chi connectivity index (χ0n) is 21.8. The number of aryl methyl sites for hydroxylation is 1. The fourth-order valence-electron chi connectivity index (χ4n) is 5.19. The quantitative estimate of drug-likeness (QED) is 0.298. The van der Waals surface area contributed by atoms with Gasteiger partial charge in [-0.05, 0) is 48.9 Å². The molecule has 6 rings (SSSR count). The third kappa shape index (κ3) is 4.99. The molecule has 2 fully saturated rings. The van der Waals surface area contributed by atoms with E-state index in [-0.39, 0.29) is 33.8 Å². The molecule has 4 aromatic rings. The minimum atomic E-state index is -2.84. The second-order valence-electron chi connectivity index (χ2n) is 10.2. The van der Waals surface area contributed by atoms with E-state index in [9.17, 15) is 18.4 Å². The summed E-state index contributed by atoms with van der Waals surface area (Å²) in [5, 5.41) is 12.5. The van der Waals surface area contributed by atoms with Gasteiger partial charge in [0.2, 0.25) is 5.13 Å². The van der Waals surface area contributed by atoms with Gasteiger partial charge in [-0.15, -0.1) is 10.2 Å². The van der Waals surface area contributed by atoms with E-state index in [1.165, 1.54) is 72.9 Å². The standard InChI is InChI=1S/C28H26F2N6O3S/c1-14-6-7-36(24(37)8-14)23-11-17(18-10-21(25(29)30)31-13-22(18)39-2)20(12-32-23)26(38)33-28-35-34-27(40-28)19-9-16(19)15-4-3-5-15/h6-8,10-13,15-16,19,25H,3-5,9H2,1-2H3,(H,33,35,38)/t16-,19?/m1/s1. The van der Waals surface area contributed by atoms with E-state index in [4.69, 9.17) is 4.74 Å². The molecule has 0 saturated heterocycles. The summed E-state index contributed by atoms with van der Waals surface area (Å²) in [6, 6.07) is 5.87. The van der Waals surface area contributed by atoms with Crippen molar-refractivity contribution < 1.29 is 18.3 Å². The van der Waals surface area contributed by atoms with Gasteiger partial charge in [-0.25, -0.2) is 13.8 Å². The molecule has 12 heteroatoms. The molecule has 2 saturated carbocycles. The molecule has 1 amide bonds. The lowest BCUT2D eigenvalue weighted by molar-refractivity contribution is 0.102. The van der Waals surface area contributed by atoms with Gasteiger partial charge in [-0.1, -0.05) is 30.6 Å². The molecule has 40 heavy (non-hydrogen) atoms. The van der Waals surface area contributed by atoms with E-state index in [1.54, 1.807) is 19.2 Å². The number of ether oxygens (including phenoxy) is 1. The van der Waals surface area contributed by atoms with Crippen LogP contribution in [0.15, 0.2) is 47.7 Å². The Balaban J connectivity index is 1.37. The zero-order valence-corrected chi connectivity index (χ0v) is 22.6. The molecule has 9 nitrogen and oxygen atoms in total. The number of methoxy groups -OCH3 is 1. The van der Waals surface area contributed by atoms with Crippen LogP contribution in [0.5, 0.6) is 5.75 Å². The first kappa shape index (κ1) is 26.2. The minimum Gasteiger partial charge on any atom is -0.494 e. The van der Waals surface area contributed by atoms with E-state index in [1.807, 2.05) is 0 Å². The Kier molecular flexibility index (Phi) is 6.87. The SMILES string of the molecule is COc1cnc(C(F)F)cc1-c1cc(-n2ccc(C)cc2=O)ncc1C(=O)Nc1nnc(C2C[C@@H]2C2CCC2)s1. The van der Waals surface area contributed by atoms with Gasteiger partial charge in [-0.3, -0.25) is 24.5 Å². The Morgan fingerprint density at radius 1 is 1.15 bits per heavy atom. The number of alkyl halides is 2. The van der Waals surface area contributed by atoms with E-state index < -0.39 is 18.0 Å². The third-order valence-electron chi connectivity index (χ3n) is 7.65. The molecule has 4 aromatic heterocycles. The summed E-state index contributed by atoms with van der Waals surface area (Å²) in [6.45, 7) is 1.79. The average molecular weight is 565 g/mol. The van der Waals surface area contributed by atoms with Crippen molar-refractivity contribution in [1.82, 2.24) is 24.7 Å². The van der Waals surface area contributed by atoms with E-state index in [2.05, 4.69) is 25.5 Å². The molecular formula is C28H26F2N6O3S. The molecule has 1 unspecified atom stereocenters. The summed E-state index contributed by atoms with van der Waals surface area (Å²) in [6.07, 6.45) is 6.16. The summed E-state index contributed by atoms with van der Waals surface area (Å²) in [5.74, 6) is 1.67. The number of hydrogen-bond acceptors (Lipinski definition) is 8. The Morgan fingerprint density at radius 2 is 1.98 bits per heavy atom. The van der Waals surface area contributed by atoms with Crippen LogP contribution in [-0.2, 0) is 0 Å². The lowest BCUT2D eigenvalue weighted by Crippen LogP contribution is -2.19. The van der Waals surface area contributed by atoms with Gasteiger partial charge < -0.3 is 4.74 Å². The van der Waals surface area contributed by atoms with Crippen molar-refractivity contribution in [2.75, 3.05) is 12.4 Å². The maximum atomic E-state index is 13.6. The number of anilines is 1. The number of nitrogens with one attached hydrogen (secondary N) is 1. The molecule has 206 valence electrons. The van der Waals surface area contributed by atoms with E-state index in [0.29, 0.717) is 17.0 Å². The number of halogens is 2. The van der Waals surface area contributed by atoms with Crippen molar-refractivity contribution in [3.63, 3.8) is 0 Å². The number of hydrogen-bond donors (Lipinski definition) is 1. The summed E-state index contributed by atoms with van der Waals surface area (Å²) in [7, 11) is 1.38. The van der Waals surface area contributed by atoms with Gasteiger partial charge in [-0.2, -0.15) is 0 Å². The number of pyridine rings is 3. The molecule has 2 atom stereocenters. The number of rotatable bonds is 8. The number of nitrogens with zero attached hydrogens (tertiary/aromatic N) is 5. The number of carbonyl (C=O) groups excluding carboxylic acids is 1. The van der Waals surface area contributed by atoms with Crippen LogP contribution >= 0.6 is 11.3 Å². The first-order chi connectivity index (χ1) is 19.3. The zero-order chi connectivity index (χ0) is 28.0. The van der Waals surface area contributed by atoms with Crippen molar-refractivity contribution in [2.45, 2.75) is 45.0 Å². The van der Waals surface area contributed by atoms with Crippen molar-refractivity contribution >= 4 is 22.4 Å². The predicted molar refractivity (Wildman–Crippen MR) is 145 cm³/mol. The fourth-order valence-corrected chi connectivity index (χ4v) is 6.11. The van der Waals surface area contributed by atoms with Crippen molar-refractivity contribution in [3.05, 3.63) is 75.0 Å². The predicted octanol–water partition coefficient (Wildman–Crippen LogP) is 5.56. The normalized spacial score (nSPS) is 18.4. The molecule has 2 aliphatic carbocycles. The smallest absolute Gasteiger partial charge is 0.280 e. The molecule has 1 N–H and O–H groups in total. The minimum absolute atomic E-state index is 0.0872. The lowest BCUT2D eigenvalue weighted by atomic mass is 9.81. The molecule has 0 bridgehead atoms. The van der Waals surface area contributed by atoms with Crippen LogP contribution < -0.4 is 15.6 Å². The molecule has 0 spiro atoms. The van der Waals surface area contributed by atoms with E-state index >= 15 is 0 Å². The monoisotopic (exact) mass is 564 g/mol. The highest BCUT2D eigenvalue weighted by Crippen LogP contribution is 2.57. The van der Waals surface area contributed by atoms with Gasteiger partial charge in [0.15, 0.2) is 0 Å². The van der Waals surface area contributed by atoms with Crippen LogP contribution in [0.3, 0.4) is 0 Å². The van der Waals surface area contributed by atoms with Gasteiger partial charge in [0.1, 0.15) is 22.3 Å². The average Bonchev–Trinajstić information content (AvgIpc) is 3.54. The van der Waals surface area contributed by atoms with Crippen LogP contribution in [0.25, 0.3) is 16.9 Å². The number of amides is 1. The van der Waals surface area contributed by atoms with Crippen molar-refractivity contribution in [2.24, 2.45) is 11.8 Å². The second-order valence-corrected chi connectivity index (χ2v) is 11.2. The summed E-state index contributed by atoms with van der Waals surface area (Å²) in [4.78, 5) is 34.3. The summed E-state index contributed by atoms with van der Waals surface area (Å²) < 4.78 is 33.9. The summed E-state index contributed by atoms with van der Waals surface area (Å²) >= 11 is 1.35. The highest BCUT2D eigenvalue weighted by molar-refractivity contribution is 7.15. The van der Waals surface area contributed by atoms with Gasteiger partial charge in [0.05, 0.1) is 18.9 Å². The van der Waals surface area contributed by atoms with Crippen molar-refractivity contribution in [1.29, 1.82) is 0 Å². The maximum Gasteiger partial charge on any atom is 0.280 e. The summed E-state index contributed by atoms with van der Waals surface area (Å²) in [5.41, 5.74) is 0.509. The van der Waals surface area contributed by atoms with Gasteiger partial charge in [0, 0.05) is 35.5 Å². The second kappa shape index (κ2) is 10.5. The Labute approximate surface area is 232 Å². The lowest BCUT2D eigenvalue weighted by Gasteiger charge is -2.25. The van der Waals surface area contributed by atoms with Crippen LogP contribution in [0.1, 0.15) is 64.6 Å². The Bertz CT molecular complexity index is 1650. The van der Waals surface area contributed by atoms with Crippen LogP contribution in [-0.4, -0.2) is 37.7 Å². The van der Waals surface area contributed by atoms with E-state index in [0.717, 1.165) is 22.9 Å². The first-order valence-electron chi connectivity index (χ1n) is 13.0. The van der Waals surface area contributed by atoms with Gasteiger partial charge >= 0.3 is 0 Å². The molecule has 0 aliphatic heterocycles. The first-order valence-corrected chi connectivity index (χ1v) is 13.8. The number of carbonyl (C=O) groups is 1. The largest absolute Gasteiger partial charge is 0.494 e.